The van der Waals surface area contributed by atoms with Crippen molar-refractivity contribution in [1.29, 1.82) is 0 Å². The molecule has 1 unspecified atom stereocenters. The number of carbonyl (C=O) groups excluding carboxylic acids is 2. The molecule has 3 rings (SSSR count). The Labute approximate surface area is 175 Å². The number of nitrogens with one attached hydrogen (secondary N) is 1. The van der Waals surface area contributed by atoms with E-state index in [9.17, 15) is 32.9 Å². The average molecular weight is 454 g/mol. The number of amides is 1. The highest BCUT2D eigenvalue weighted by atomic mass is 32.1. The Balaban J connectivity index is 1.75. The van der Waals surface area contributed by atoms with Gasteiger partial charge in [-0.25, -0.2) is 9.78 Å². The van der Waals surface area contributed by atoms with E-state index in [1.165, 1.54) is 25.1 Å². The van der Waals surface area contributed by atoms with Crippen molar-refractivity contribution in [2.45, 2.75) is 19.2 Å². The molecule has 1 atom stereocenters. The molecule has 0 saturated heterocycles. The molecular weight excluding hydrogens is 441 g/mol. The summed E-state index contributed by atoms with van der Waals surface area (Å²) in [5, 5.41) is 13.0. The fourth-order valence-electron chi connectivity index (χ4n) is 2.58. The molecule has 9 nitrogen and oxygen atoms in total. The molecule has 2 aromatic carbocycles. The average Bonchev–Trinajstić information content (AvgIpc) is 3.06. The molecule has 162 valence electrons. The number of ether oxygens (including phenoxy) is 1. The van der Waals surface area contributed by atoms with Gasteiger partial charge in [-0.15, -0.1) is 0 Å². The Morgan fingerprint density at radius 2 is 1.97 bits per heavy atom. The van der Waals surface area contributed by atoms with Crippen LogP contribution in [0.3, 0.4) is 0 Å². The number of hydrogen-bond acceptors (Lipinski definition) is 8. The van der Waals surface area contributed by atoms with Crippen LogP contribution in [0.1, 0.15) is 22.8 Å². The predicted octanol–water partition coefficient (Wildman–Crippen LogP) is 3.99. The number of carbonyl (C=O) groups is 2. The third-order valence-corrected chi connectivity index (χ3v) is 4.92. The van der Waals surface area contributed by atoms with E-state index in [-0.39, 0.29) is 5.56 Å². The van der Waals surface area contributed by atoms with E-state index in [1.54, 1.807) is 0 Å². The summed E-state index contributed by atoms with van der Waals surface area (Å²) < 4.78 is 45.3. The minimum atomic E-state index is -4.96. The number of halogens is 3. The fourth-order valence-corrected chi connectivity index (χ4v) is 3.35. The van der Waals surface area contributed by atoms with E-state index < -0.39 is 46.0 Å². The van der Waals surface area contributed by atoms with Crippen molar-refractivity contribution in [2.75, 3.05) is 11.1 Å². The number of fused-ring (bicyclic) bond motifs is 1. The van der Waals surface area contributed by atoms with Gasteiger partial charge >= 0.3 is 12.1 Å². The second-order valence-corrected chi connectivity index (χ2v) is 7.32. The summed E-state index contributed by atoms with van der Waals surface area (Å²) >= 11 is 1.14. The molecule has 0 fully saturated rings. The second kappa shape index (κ2) is 8.18. The Kier molecular flexibility index (Phi) is 5.79. The van der Waals surface area contributed by atoms with E-state index in [2.05, 4.69) is 4.98 Å². The van der Waals surface area contributed by atoms with Gasteiger partial charge in [0.15, 0.2) is 11.2 Å². The number of benzene rings is 2. The molecular formula is C18H13F3N4O5S. The van der Waals surface area contributed by atoms with Crippen LogP contribution in [-0.4, -0.2) is 27.9 Å². The third kappa shape index (κ3) is 4.88. The summed E-state index contributed by atoms with van der Waals surface area (Å²) in [4.78, 5) is 38.4. The van der Waals surface area contributed by atoms with E-state index in [4.69, 9.17) is 10.5 Å². The number of rotatable bonds is 5. The van der Waals surface area contributed by atoms with Gasteiger partial charge in [-0.3, -0.25) is 14.9 Å². The van der Waals surface area contributed by atoms with Crippen LogP contribution in [0.5, 0.6) is 0 Å². The first-order valence-corrected chi connectivity index (χ1v) is 9.31. The standard InChI is InChI=1S/C18H13F3N4O5S/c1-8(30-16(27)9-2-4-13-14(6-9)31-17(22)24-13)15(26)23-12-5-3-10(25(28)29)7-11(12)18(19,20)21/h2-8H,1H3,(H2,22,24)(H,23,26). The van der Waals surface area contributed by atoms with Crippen LogP contribution >= 0.6 is 11.3 Å². The third-order valence-electron chi connectivity index (χ3n) is 4.07. The molecule has 0 radical (unpaired) electrons. The van der Waals surface area contributed by atoms with Crippen LogP contribution in [0.2, 0.25) is 0 Å². The van der Waals surface area contributed by atoms with E-state index in [1.807, 2.05) is 5.32 Å². The van der Waals surface area contributed by atoms with Crippen LogP contribution in [-0.2, 0) is 15.7 Å². The first kappa shape index (κ1) is 22.0. The van der Waals surface area contributed by atoms with Crippen molar-refractivity contribution in [3.8, 4) is 0 Å². The first-order valence-electron chi connectivity index (χ1n) is 8.49. The van der Waals surface area contributed by atoms with Gasteiger partial charge in [0.2, 0.25) is 0 Å². The summed E-state index contributed by atoms with van der Waals surface area (Å²) in [5.74, 6) is -1.92. The van der Waals surface area contributed by atoms with Crippen LogP contribution in [0.25, 0.3) is 10.2 Å². The molecule has 1 aromatic heterocycles. The number of nitro groups is 1. The molecule has 0 aliphatic heterocycles. The van der Waals surface area contributed by atoms with Gasteiger partial charge in [0.05, 0.1) is 32.0 Å². The topological polar surface area (TPSA) is 137 Å². The number of nitrogens with two attached hydrogens (primary N) is 1. The fraction of sp³-hybridized carbons (Fsp3) is 0.167. The minimum absolute atomic E-state index is 0.0992. The summed E-state index contributed by atoms with van der Waals surface area (Å²) in [5.41, 5.74) is 3.38. The molecule has 0 aliphatic carbocycles. The summed E-state index contributed by atoms with van der Waals surface area (Å²) in [6.07, 6.45) is -6.41. The molecule has 3 aromatic rings. The molecule has 1 heterocycles. The van der Waals surface area contributed by atoms with Gasteiger partial charge in [0.25, 0.3) is 11.6 Å². The number of aromatic nitrogens is 1. The zero-order valence-corrected chi connectivity index (χ0v) is 16.4. The summed E-state index contributed by atoms with van der Waals surface area (Å²) in [6.45, 7) is 1.18. The predicted molar refractivity (Wildman–Crippen MR) is 106 cm³/mol. The molecule has 1 amide bonds. The highest BCUT2D eigenvalue weighted by Crippen LogP contribution is 2.37. The number of non-ortho nitro benzene ring substituents is 1. The number of alkyl halides is 3. The van der Waals surface area contributed by atoms with Crippen molar-refractivity contribution in [2.24, 2.45) is 0 Å². The van der Waals surface area contributed by atoms with Crippen molar-refractivity contribution >= 4 is 49.9 Å². The lowest BCUT2D eigenvalue weighted by Gasteiger charge is -2.17. The lowest BCUT2D eigenvalue weighted by atomic mass is 10.1. The second-order valence-electron chi connectivity index (χ2n) is 6.26. The van der Waals surface area contributed by atoms with Gasteiger partial charge in [-0.1, -0.05) is 11.3 Å². The molecule has 0 saturated carbocycles. The van der Waals surface area contributed by atoms with E-state index >= 15 is 0 Å². The quantitative estimate of drug-likeness (QED) is 0.338. The highest BCUT2D eigenvalue weighted by molar-refractivity contribution is 7.22. The maximum absolute atomic E-state index is 13.2. The molecule has 0 spiro atoms. The molecule has 3 N–H and O–H groups in total. The zero-order valence-electron chi connectivity index (χ0n) is 15.6. The SMILES string of the molecule is CC(OC(=O)c1ccc2nc(N)sc2c1)C(=O)Nc1ccc([N+](=O)[O-])cc1C(F)(F)F. The van der Waals surface area contributed by atoms with Crippen LogP contribution in [0.4, 0.5) is 29.7 Å². The monoisotopic (exact) mass is 454 g/mol. The smallest absolute Gasteiger partial charge is 0.418 e. The molecule has 31 heavy (non-hydrogen) atoms. The van der Waals surface area contributed by atoms with Crippen LogP contribution in [0.15, 0.2) is 36.4 Å². The van der Waals surface area contributed by atoms with Crippen molar-refractivity contribution < 1.29 is 32.4 Å². The Morgan fingerprint density at radius 3 is 2.61 bits per heavy atom. The minimum Gasteiger partial charge on any atom is -0.449 e. The highest BCUT2D eigenvalue weighted by Gasteiger charge is 2.36. The Morgan fingerprint density at radius 1 is 1.26 bits per heavy atom. The first-order chi connectivity index (χ1) is 14.5. The van der Waals surface area contributed by atoms with Crippen LogP contribution in [0, 0.1) is 10.1 Å². The lowest BCUT2D eigenvalue weighted by Crippen LogP contribution is -2.30. The van der Waals surface area contributed by atoms with Gasteiger partial charge in [-0.2, -0.15) is 13.2 Å². The Bertz CT molecular complexity index is 1190. The van der Waals surface area contributed by atoms with E-state index in [0.717, 1.165) is 23.5 Å². The number of anilines is 2. The van der Waals surface area contributed by atoms with Gasteiger partial charge in [0.1, 0.15) is 0 Å². The van der Waals surface area contributed by atoms with Gasteiger partial charge in [0, 0.05) is 12.1 Å². The van der Waals surface area contributed by atoms with Crippen LogP contribution < -0.4 is 11.1 Å². The van der Waals surface area contributed by atoms with E-state index in [0.29, 0.717) is 21.4 Å². The number of nitrogens with zero attached hydrogens (tertiary/aromatic N) is 2. The summed E-state index contributed by atoms with van der Waals surface area (Å²) in [6, 6.07) is 6.30. The van der Waals surface area contributed by atoms with Crippen molar-refractivity contribution in [3.05, 3.63) is 57.6 Å². The van der Waals surface area contributed by atoms with Gasteiger partial charge in [-0.05, 0) is 31.2 Å². The Hall–Kier alpha value is -3.74. The number of nitrogen functional groups attached to an aromatic ring is 1. The summed E-state index contributed by atoms with van der Waals surface area (Å²) in [7, 11) is 0. The molecule has 0 aliphatic rings. The van der Waals surface area contributed by atoms with Crippen molar-refractivity contribution in [3.63, 3.8) is 0 Å². The molecule has 13 heteroatoms. The zero-order chi connectivity index (χ0) is 22.9. The number of thiazole rings is 1. The number of hydrogen-bond donors (Lipinski definition) is 2. The molecule has 0 bridgehead atoms. The van der Waals surface area contributed by atoms with Crippen molar-refractivity contribution in [1.82, 2.24) is 4.98 Å². The normalized spacial score (nSPS) is 12.4. The maximum Gasteiger partial charge on any atom is 0.418 e. The lowest BCUT2D eigenvalue weighted by molar-refractivity contribution is -0.385. The number of nitro benzene ring substituents is 1. The van der Waals surface area contributed by atoms with Gasteiger partial charge < -0.3 is 15.8 Å². The largest absolute Gasteiger partial charge is 0.449 e. The maximum atomic E-state index is 13.2. The number of esters is 1.